The highest BCUT2D eigenvalue weighted by atomic mass is 127. The predicted molar refractivity (Wildman–Crippen MR) is 224 cm³/mol. The first kappa shape index (κ1) is 48.0. The molecule has 0 bridgehead atoms. The van der Waals surface area contributed by atoms with Crippen LogP contribution >= 0.6 is 22.6 Å². The molecule has 3 aromatic rings. The average Bonchev–Trinajstić information content (AvgIpc) is 3.19. The van der Waals surface area contributed by atoms with Crippen molar-refractivity contribution in [2.75, 3.05) is 114 Å². The van der Waals surface area contributed by atoms with E-state index < -0.39 is 14.3 Å². The summed E-state index contributed by atoms with van der Waals surface area (Å²) in [6.07, 6.45) is 0. The monoisotopic (exact) mass is 912 g/mol. The number of nitrogens with one attached hydrogen (secondary N) is 1. The number of carbonyl (C=O) groups excluding carboxylic acids is 1. The lowest BCUT2D eigenvalue weighted by atomic mass is 10.1. The van der Waals surface area contributed by atoms with Crippen molar-refractivity contribution in [3.8, 4) is 17.2 Å². The molecule has 16 heteroatoms. The number of ether oxygens (including phenoxy) is 10. The third-order valence-electron chi connectivity index (χ3n) is 8.43. The Labute approximate surface area is 350 Å². The molecular weight excluding hydrogens is 853 g/mol. The number of rotatable bonds is 30. The Kier molecular flexibility index (Phi) is 21.8. The number of quaternary nitrogens is 2. The largest absolute Gasteiger partial charge is 0.631 e. The van der Waals surface area contributed by atoms with E-state index in [1.807, 2.05) is 89.3 Å². The summed E-state index contributed by atoms with van der Waals surface area (Å²) in [5, 5.41) is 14.5. The first-order chi connectivity index (χ1) is 27.4. The molecule has 0 fully saturated rings. The maximum Gasteiger partial charge on any atom is 0.333 e. The fraction of sp³-hybridized carbons (Fsp3) is 0.488. The van der Waals surface area contributed by atoms with Crippen molar-refractivity contribution < 1.29 is 61.7 Å². The first-order valence-electron chi connectivity index (χ1n) is 18.6. The van der Waals surface area contributed by atoms with Crippen LogP contribution < -0.4 is 24.8 Å². The fourth-order valence-electron chi connectivity index (χ4n) is 5.22. The van der Waals surface area contributed by atoms with Crippen molar-refractivity contribution in [3.63, 3.8) is 0 Å². The number of hydroxylamine groups is 3. The number of halogens is 1. The minimum Gasteiger partial charge on any atom is -0.631 e. The normalized spacial score (nSPS) is 13.5. The number of likely N-dealkylation sites (N-methyl/N-ethyl adjacent to an activating group) is 1. The first-order valence-corrected chi connectivity index (χ1v) is 19.7. The van der Waals surface area contributed by atoms with Gasteiger partial charge in [-0.25, -0.2) is 9.69 Å². The maximum atomic E-state index is 14.5. The predicted octanol–water partition coefficient (Wildman–Crippen LogP) is 4.60. The molecule has 15 nitrogen and oxygen atoms in total. The number of hydrogen-bond acceptors (Lipinski definition) is 13. The minimum atomic E-state index is -1.55. The highest BCUT2D eigenvalue weighted by molar-refractivity contribution is 14.1. The second kappa shape index (κ2) is 25.9. The van der Waals surface area contributed by atoms with E-state index in [4.69, 9.17) is 53.1 Å². The van der Waals surface area contributed by atoms with Crippen molar-refractivity contribution in [2.24, 2.45) is 5.73 Å². The number of alkyl halides is 1. The van der Waals surface area contributed by atoms with E-state index in [-0.39, 0.29) is 25.3 Å². The van der Waals surface area contributed by atoms with Crippen LogP contribution in [0.4, 0.5) is 17.1 Å². The van der Waals surface area contributed by atoms with Crippen LogP contribution in [0.15, 0.2) is 78.9 Å². The smallest absolute Gasteiger partial charge is 0.333 e. The number of nitrogens with two attached hydrogens (primary N) is 1. The van der Waals surface area contributed by atoms with E-state index in [1.54, 1.807) is 21.3 Å². The van der Waals surface area contributed by atoms with Gasteiger partial charge in [0.25, 0.3) is 0 Å². The molecule has 0 radical (unpaired) electrons. The molecule has 0 aromatic heterocycles. The summed E-state index contributed by atoms with van der Waals surface area (Å²) < 4.78 is 52.6. The summed E-state index contributed by atoms with van der Waals surface area (Å²) in [7, 11) is 6.32. The average molecular weight is 913 g/mol. The Morgan fingerprint density at radius 1 is 0.702 bits per heavy atom. The van der Waals surface area contributed by atoms with Crippen LogP contribution in [-0.2, 0) is 44.5 Å². The third kappa shape index (κ3) is 16.8. The van der Waals surface area contributed by atoms with Gasteiger partial charge in [0.05, 0.1) is 72.1 Å². The Balaban J connectivity index is 2.01. The van der Waals surface area contributed by atoms with Gasteiger partial charge < -0.3 is 57.2 Å². The van der Waals surface area contributed by atoms with Crippen LogP contribution in [0.3, 0.4) is 0 Å². The Morgan fingerprint density at radius 3 is 1.53 bits per heavy atom. The van der Waals surface area contributed by atoms with Gasteiger partial charge in [0, 0.05) is 79.8 Å². The molecule has 316 valence electrons. The summed E-state index contributed by atoms with van der Waals surface area (Å²) in [4.78, 5) is 13.1. The number of carbonyl (C=O) groups is 1. The molecule has 0 saturated heterocycles. The van der Waals surface area contributed by atoms with Crippen LogP contribution in [0.2, 0.25) is 0 Å². The summed E-state index contributed by atoms with van der Waals surface area (Å²) in [6.45, 7) is 9.87. The van der Waals surface area contributed by atoms with E-state index >= 15 is 0 Å². The summed E-state index contributed by atoms with van der Waals surface area (Å²) >= 11 is 1.86. The topological polar surface area (TPSA) is 163 Å². The van der Waals surface area contributed by atoms with Gasteiger partial charge in [0.15, 0.2) is 12.3 Å². The quantitative estimate of drug-likeness (QED) is 0.0110. The standard InChI is InChI=1S/C41H58IN3O12/c1-32(2)40(46)57-31-41(42,43)45(3,47)30-33-29-38(56-28-25-53-22-19-50-6)15-16-39(33)44(34-7-11-36(12-8-34)54-26-23-51-20-17-48-4)35-9-13-37(14-10-35)55-27-24-52-21-18-49-5/h7-16,29H,1,17-28,30-31,43H2,2-6H3/p+1. The molecule has 3 N–H and O–H groups in total. The molecule has 0 spiro atoms. The van der Waals surface area contributed by atoms with E-state index in [2.05, 4.69) is 6.58 Å². The van der Waals surface area contributed by atoms with Crippen molar-refractivity contribution in [2.45, 2.75) is 17.1 Å². The van der Waals surface area contributed by atoms with E-state index in [9.17, 15) is 10.0 Å². The van der Waals surface area contributed by atoms with Gasteiger partial charge in [-0.05, 0) is 43.3 Å². The molecule has 2 unspecified atom stereocenters. The lowest BCUT2D eigenvalue weighted by Gasteiger charge is -2.48. The summed E-state index contributed by atoms with van der Waals surface area (Å²) in [6, 6.07) is 21.1. The lowest BCUT2D eigenvalue weighted by Crippen LogP contribution is -2.97. The molecule has 3 rings (SSSR count). The second-order valence-electron chi connectivity index (χ2n) is 13.0. The number of nitrogens with zero attached hydrogens (tertiary/aromatic N) is 1. The number of esters is 1. The van der Waals surface area contributed by atoms with Gasteiger partial charge in [0.2, 0.25) is 3.67 Å². The van der Waals surface area contributed by atoms with Gasteiger partial charge in [-0.2, -0.15) is 0 Å². The SMILES string of the molecule is C=C(C)C(=O)OCC(N)(I)[N+](C)([O-])Cc1cc(OCCOCCOC)ccc1[NH+](c1ccc(OCCOCCOC)cc1)c1ccc(OCCOCCOC)cc1. The van der Waals surface area contributed by atoms with Crippen LogP contribution in [0.1, 0.15) is 12.5 Å². The molecular formula is C41H59IN3O12+. The molecule has 0 heterocycles. The Morgan fingerprint density at radius 2 is 1.11 bits per heavy atom. The van der Waals surface area contributed by atoms with Gasteiger partial charge in [-0.15, -0.1) is 0 Å². The summed E-state index contributed by atoms with van der Waals surface area (Å²) in [5.41, 5.74) is 9.97. The maximum absolute atomic E-state index is 14.5. The van der Waals surface area contributed by atoms with Gasteiger partial charge in [-0.1, -0.05) is 6.58 Å². The van der Waals surface area contributed by atoms with Crippen LogP contribution in [0.25, 0.3) is 0 Å². The lowest BCUT2D eigenvalue weighted by molar-refractivity contribution is -0.905. The highest BCUT2D eigenvalue weighted by Crippen LogP contribution is 2.33. The number of hydrogen-bond donors (Lipinski definition) is 2. The van der Waals surface area contributed by atoms with Crippen LogP contribution in [0, 0.1) is 5.21 Å². The Bertz CT molecular complexity index is 1550. The van der Waals surface area contributed by atoms with E-state index in [1.165, 1.54) is 14.0 Å². The zero-order valence-corrected chi connectivity index (χ0v) is 35.9. The molecule has 57 heavy (non-hydrogen) atoms. The van der Waals surface area contributed by atoms with Crippen molar-refractivity contribution >= 4 is 45.6 Å². The number of benzene rings is 3. The molecule has 0 aliphatic carbocycles. The van der Waals surface area contributed by atoms with Gasteiger partial charge in [-0.3, -0.25) is 5.73 Å². The minimum absolute atomic E-state index is 0.0982. The summed E-state index contributed by atoms with van der Waals surface area (Å²) in [5.74, 6) is 1.26. The zero-order valence-electron chi connectivity index (χ0n) is 33.8. The van der Waals surface area contributed by atoms with Crippen LogP contribution in [0.5, 0.6) is 17.2 Å². The molecule has 0 amide bonds. The molecule has 3 aromatic carbocycles. The van der Waals surface area contributed by atoms with Crippen molar-refractivity contribution in [1.29, 1.82) is 0 Å². The number of methoxy groups -OCH3 is 3. The molecule has 2 atom stereocenters. The second-order valence-corrected chi connectivity index (χ2v) is 14.9. The third-order valence-corrected chi connectivity index (χ3v) is 9.76. The molecule has 0 aliphatic heterocycles. The zero-order chi connectivity index (χ0) is 41.5. The van der Waals surface area contributed by atoms with Gasteiger partial charge in [0.1, 0.15) is 55.0 Å². The molecule has 0 aliphatic rings. The molecule has 0 saturated carbocycles. The van der Waals surface area contributed by atoms with Crippen molar-refractivity contribution in [3.05, 3.63) is 89.7 Å². The van der Waals surface area contributed by atoms with Gasteiger partial charge >= 0.3 is 5.97 Å². The van der Waals surface area contributed by atoms with E-state index in [0.717, 1.165) is 22.0 Å². The van der Waals surface area contributed by atoms with Crippen molar-refractivity contribution in [1.82, 2.24) is 0 Å². The van der Waals surface area contributed by atoms with Crippen LogP contribution in [-0.4, -0.2) is 129 Å². The fourth-order valence-corrected chi connectivity index (χ4v) is 5.55. The Hall–Kier alpha value is -3.40. The highest BCUT2D eigenvalue weighted by Gasteiger charge is 2.40. The van der Waals surface area contributed by atoms with E-state index in [0.29, 0.717) is 95.5 Å².